The molecule has 0 aromatic heterocycles. The monoisotopic (exact) mass is 310 g/mol. The van der Waals surface area contributed by atoms with E-state index in [-0.39, 0.29) is 31.4 Å². The number of rotatable bonds is 10. The fourth-order valence-electron chi connectivity index (χ4n) is 1.42. The van der Waals surface area contributed by atoms with Gasteiger partial charge in [-0.3, -0.25) is 4.52 Å². The van der Waals surface area contributed by atoms with E-state index in [4.69, 9.17) is 9.79 Å². The molecule has 17 heavy (non-hydrogen) atoms. The molecule has 0 aliphatic rings. The summed E-state index contributed by atoms with van der Waals surface area (Å²) < 4.78 is 14.7. The minimum Gasteiger partial charge on any atom is -0.303 e. The summed E-state index contributed by atoms with van der Waals surface area (Å²) in [5.74, 6) is 0. The SMILES string of the molecule is CCCCCCCCCCOP(=O)(O)O.Cl.Cl. The molecule has 0 aliphatic heterocycles. The molecule has 0 aromatic carbocycles. The molecule has 4 nitrogen and oxygen atoms in total. The zero-order chi connectivity index (χ0) is 11.6. The Hall–Kier alpha value is 0.690. The van der Waals surface area contributed by atoms with Crippen LogP contribution in [0.2, 0.25) is 0 Å². The predicted molar refractivity (Wildman–Crippen MR) is 75.1 cm³/mol. The van der Waals surface area contributed by atoms with Crippen molar-refractivity contribution in [3.05, 3.63) is 0 Å². The molecule has 0 saturated heterocycles. The Balaban J connectivity index is -0.000000980. The Morgan fingerprint density at radius 1 is 0.882 bits per heavy atom. The van der Waals surface area contributed by atoms with Crippen molar-refractivity contribution in [1.82, 2.24) is 0 Å². The highest BCUT2D eigenvalue weighted by Gasteiger charge is 2.12. The van der Waals surface area contributed by atoms with E-state index in [0.717, 1.165) is 19.3 Å². The normalized spacial score (nSPS) is 10.5. The van der Waals surface area contributed by atoms with E-state index in [0.29, 0.717) is 0 Å². The molecule has 0 aromatic rings. The van der Waals surface area contributed by atoms with E-state index in [1.807, 2.05) is 0 Å². The van der Waals surface area contributed by atoms with Gasteiger partial charge in [-0.15, -0.1) is 24.8 Å². The van der Waals surface area contributed by atoms with Gasteiger partial charge < -0.3 is 9.79 Å². The van der Waals surface area contributed by atoms with Gasteiger partial charge in [-0.2, -0.15) is 0 Å². The van der Waals surface area contributed by atoms with Gasteiger partial charge in [-0.25, -0.2) is 4.57 Å². The van der Waals surface area contributed by atoms with E-state index in [2.05, 4.69) is 11.4 Å². The summed E-state index contributed by atoms with van der Waals surface area (Å²) in [5, 5.41) is 0. The first-order chi connectivity index (χ1) is 7.06. The molecule has 0 heterocycles. The smallest absolute Gasteiger partial charge is 0.303 e. The summed E-state index contributed by atoms with van der Waals surface area (Å²) in [6.45, 7) is 2.36. The Kier molecular flexibility index (Phi) is 19.8. The molecule has 0 saturated carbocycles. The molecular formula is C10H25Cl2O4P. The van der Waals surface area contributed by atoms with E-state index >= 15 is 0 Å². The molecule has 0 radical (unpaired) electrons. The first-order valence-electron chi connectivity index (χ1n) is 5.76. The highest BCUT2D eigenvalue weighted by Crippen LogP contribution is 2.35. The van der Waals surface area contributed by atoms with Gasteiger partial charge in [0.25, 0.3) is 0 Å². The van der Waals surface area contributed by atoms with Gasteiger partial charge in [-0.1, -0.05) is 51.9 Å². The minimum atomic E-state index is -4.24. The number of unbranched alkanes of at least 4 members (excludes halogenated alkanes) is 7. The standard InChI is InChI=1S/C10H23O4P.2ClH/c1-2-3-4-5-6-7-8-9-10-14-15(11,12)13;;/h2-10H2,1H3,(H2,11,12,13);2*1H. The van der Waals surface area contributed by atoms with Crippen LogP contribution in [0.3, 0.4) is 0 Å². The molecule has 7 heteroatoms. The molecule has 0 amide bonds. The molecule has 0 atom stereocenters. The lowest BCUT2D eigenvalue weighted by molar-refractivity contribution is 0.193. The molecular weight excluding hydrogens is 286 g/mol. The first kappa shape index (κ1) is 22.8. The highest BCUT2D eigenvalue weighted by molar-refractivity contribution is 7.46. The molecule has 2 N–H and O–H groups in total. The van der Waals surface area contributed by atoms with Crippen LogP contribution in [0.1, 0.15) is 58.3 Å². The van der Waals surface area contributed by atoms with Crippen molar-refractivity contribution < 1.29 is 18.9 Å². The van der Waals surface area contributed by atoms with Gasteiger partial charge in [0.05, 0.1) is 6.61 Å². The molecule has 0 bridgehead atoms. The second-order valence-electron chi connectivity index (χ2n) is 3.80. The largest absolute Gasteiger partial charge is 0.469 e. The average Bonchev–Trinajstić information content (AvgIpc) is 2.14. The van der Waals surface area contributed by atoms with Crippen LogP contribution in [0.4, 0.5) is 0 Å². The lowest BCUT2D eigenvalue weighted by Crippen LogP contribution is -1.92. The fourth-order valence-corrected chi connectivity index (χ4v) is 1.79. The predicted octanol–water partition coefficient (Wildman–Crippen LogP) is 4.08. The number of phosphoric acid groups is 1. The topological polar surface area (TPSA) is 66.8 Å². The zero-order valence-corrected chi connectivity index (χ0v) is 12.9. The van der Waals surface area contributed by atoms with Gasteiger partial charge in [-0.05, 0) is 6.42 Å². The summed E-state index contributed by atoms with van der Waals surface area (Å²) in [4.78, 5) is 16.8. The van der Waals surface area contributed by atoms with Crippen LogP contribution in [0, 0.1) is 0 Å². The summed E-state index contributed by atoms with van der Waals surface area (Å²) in [6, 6.07) is 0. The van der Waals surface area contributed by atoms with Crippen LogP contribution in [0.5, 0.6) is 0 Å². The first-order valence-corrected chi connectivity index (χ1v) is 7.29. The van der Waals surface area contributed by atoms with E-state index in [1.54, 1.807) is 0 Å². The van der Waals surface area contributed by atoms with Crippen molar-refractivity contribution >= 4 is 32.6 Å². The number of hydrogen-bond donors (Lipinski definition) is 2. The Bertz CT molecular complexity index is 187. The van der Waals surface area contributed by atoms with Crippen molar-refractivity contribution in [2.24, 2.45) is 0 Å². The second kappa shape index (κ2) is 14.7. The van der Waals surface area contributed by atoms with Crippen molar-refractivity contribution in [3.63, 3.8) is 0 Å². The lowest BCUT2D eigenvalue weighted by Gasteiger charge is -2.04. The summed E-state index contributed by atoms with van der Waals surface area (Å²) in [6.07, 6.45) is 9.22. The summed E-state index contributed by atoms with van der Waals surface area (Å²) in [5.41, 5.74) is 0. The third-order valence-electron chi connectivity index (χ3n) is 2.26. The maximum Gasteiger partial charge on any atom is 0.469 e. The van der Waals surface area contributed by atoms with Crippen LogP contribution in [-0.4, -0.2) is 16.4 Å². The van der Waals surface area contributed by atoms with Crippen LogP contribution >= 0.6 is 32.6 Å². The maximum atomic E-state index is 10.3. The van der Waals surface area contributed by atoms with Crippen LogP contribution < -0.4 is 0 Å². The number of phosphoric ester groups is 1. The Labute approximate surface area is 117 Å². The number of hydrogen-bond acceptors (Lipinski definition) is 2. The van der Waals surface area contributed by atoms with Crippen molar-refractivity contribution in [3.8, 4) is 0 Å². The molecule has 108 valence electrons. The number of halogens is 2. The zero-order valence-electron chi connectivity index (χ0n) is 10.3. The Morgan fingerprint density at radius 2 is 1.29 bits per heavy atom. The maximum absolute atomic E-state index is 10.3. The van der Waals surface area contributed by atoms with Gasteiger partial charge in [0, 0.05) is 0 Å². The molecule has 0 fully saturated rings. The third kappa shape index (κ3) is 22.4. The summed E-state index contributed by atoms with van der Waals surface area (Å²) in [7, 11) is -4.24. The van der Waals surface area contributed by atoms with Gasteiger partial charge in [0.2, 0.25) is 0 Å². The van der Waals surface area contributed by atoms with Crippen molar-refractivity contribution in [2.75, 3.05) is 6.61 Å². The van der Waals surface area contributed by atoms with Crippen LogP contribution in [0.15, 0.2) is 0 Å². The molecule has 0 spiro atoms. The van der Waals surface area contributed by atoms with Gasteiger partial charge in [0.15, 0.2) is 0 Å². The molecule has 0 aliphatic carbocycles. The lowest BCUT2D eigenvalue weighted by atomic mass is 10.1. The van der Waals surface area contributed by atoms with E-state index < -0.39 is 7.82 Å². The second-order valence-corrected chi connectivity index (χ2v) is 5.04. The quantitative estimate of drug-likeness (QED) is 0.471. The van der Waals surface area contributed by atoms with E-state index in [9.17, 15) is 4.57 Å². The van der Waals surface area contributed by atoms with Crippen molar-refractivity contribution in [1.29, 1.82) is 0 Å². The van der Waals surface area contributed by atoms with Crippen molar-refractivity contribution in [2.45, 2.75) is 58.3 Å². The average molecular weight is 311 g/mol. The van der Waals surface area contributed by atoms with E-state index in [1.165, 1.54) is 32.1 Å². The minimum absolute atomic E-state index is 0. The van der Waals surface area contributed by atoms with Crippen LogP contribution in [-0.2, 0) is 9.09 Å². The molecule has 0 unspecified atom stereocenters. The highest BCUT2D eigenvalue weighted by atomic mass is 35.5. The Morgan fingerprint density at radius 3 is 1.71 bits per heavy atom. The fraction of sp³-hybridized carbons (Fsp3) is 1.00. The summed E-state index contributed by atoms with van der Waals surface area (Å²) >= 11 is 0. The molecule has 0 rings (SSSR count). The third-order valence-corrected chi connectivity index (χ3v) is 2.78. The van der Waals surface area contributed by atoms with Gasteiger partial charge >= 0.3 is 7.82 Å². The van der Waals surface area contributed by atoms with Crippen LogP contribution in [0.25, 0.3) is 0 Å². The van der Waals surface area contributed by atoms with Gasteiger partial charge in [0.1, 0.15) is 0 Å².